The van der Waals surface area contributed by atoms with E-state index in [4.69, 9.17) is 11.5 Å². The van der Waals surface area contributed by atoms with Gasteiger partial charge in [0.25, 0.3) is 0 Å². The first kappa shape index (κ1) is 9.90. The van der Waals surface area contributed by atoms with Gasteiger partial charge in [0, 0.05) is 0 Å². The molecule has 0 saturated heterocycles. The van der Waals surface area contributed by atoms with Crippen LogP contribution in [0.25, 0.3) is 0 Å². The third-order valence-corrected chi connectivity index (χ3v) is 2.31. The quantitative estimate of drug-likeness (QED) is 0.698. The van der Waals surface area contributed by atoms with Gasteiger partial charge in [0.05, 0.1) is 11.4 Å². The number of nitrogens with two attached hydrogens (primary N) is 2. The Labute approximate surface area is 79.9 Å². The van der Waals surface area contributed by atoms with E-state index in [0.29, 0.717) is 11.4 Å². The maximum Gasteiger partial charge on any atom is 0.0550 e. The lowest BCUT2D eigenvalue weighted by atomic mass is 9.99. The summed E-state index contributed by atoms with van der Waals surface area (Å²) in [6, 6.07) is 4.01. The molecule has 1 aromatic rings. The Balaban J connectivity index is 3.09. The zero-order chi connectivity index (χ0) is 9.84. The highest BCUT2D eigenvalue weighted by Gasteiger charge is 2.03. The van der Waals surface area contributed by atoms with Crippen LogP contribution >= 0.6 is 0 Å². The van der Waals surface area contributed by atoms with Crippen LogP contribution in [0.5, 0.6) is 0 Å². The summed E-state index contributed by atoms with van der Waals surface area (Å²) < 4.78 is 0. The first-order chi connectivity index (χ1) is 6.19. The first-order valence-corrected chi connectivity index (χ1v) is 4.85. The molecule has 2 nitrogen and oxygen atoms in total. The third-order valence-electron chi connectivity index (χ3n) is 2.31. The van der Waals surface area contributed by atoms with E-state index in [2.05, 4.69) is 13.8 Å². The lowest BCUT2D eigenvalue weighted by Gasteiger charge is -2.10. The summed E-state index contributed by atoms with van der Waals surface area (Å²) in [5.74, 6) is 0. The van der Waals surface area contributed by atoms with Crippen LogP contribution in [0.3, 0.4) is 0 Å². The normalized spacial score (nSPS) is 10.3. The van der Waals surface area contributed by atoms with Crippen molar-refractivity contribution in [2.75, 3.05) is 11.5 Å². The van der Waals surface area contributed by atoms with E-state index in [1.165, 1.54) is 11.1 Å². The molecule has 0 aliphatic rings. The van der Waals surface area contributed by atoms with E-state index in [1.54, 1.807) is 0 Å². The standard InChI is InChI=1S/C11H18N2/c1-3-5-9-7-11(13)10(12)6-8(9)4-2/h6-7H,3-5,12-13H2,1-2H3. The second-order valence-corrected chi connectivity index (χ2v) is 3.35. The summed E-state index contributed by atoms with van der Waals surface area (Å²) in [6.45, 7) is 4.32. The minimum atomic E-state index is 0.705. The molecule has 72 valence electrons. The highest BCUT2D eigenvalue weighted by molar-refractivity contribution is 5.66. The summed E-state index contributed by atoms with van der Waals surface area (Å²) in [5, 5.41) is 0. The first-order valence-electron chi connectivity index (χ1n) is 4.85. The average Bonchev–Trinajstić information content (AvgIpc) is 2.11. The predicted octanol–water partition coefficient (Wildman–Crippen LogP) is 2.37. The van der Waals surface area contributed by atoms with Gasteiger partial charge in [-0.05, 0) is 36.1 Å². The van der Waals surface area contributed by atoms with Crippen molar-refractivity contribution in [1.82, 2.24) is 0 Å². The Kier molecular flexibility index (Phi) is 3.18. The predicted molar refractivity (Wildman–Crippen MR) is 58.6 cm³/mol. The Bertz CT molecular complexity index is 292. The lowest BCUT2D eigenvalue weighted by Crippen LogP contribution is -2.00. The molecule has 2 heteroatoms. The molecule has 13 heavy (non-hydrogen) atoms. The van der Waals surface area contributed by atoms with Crippen molar-refractivity contribution in [3.63, 3.8) is 0 Å². The third kappa shape index (κ3) is 2.14. The zero-order valence-electron chi connectivity index (χ0n) is 8.43. The molecule has 0 saturated carbocycles. The number of aryl methyl sites for hydroxylation is 2. The van der Waals surface area contributed by atoms with Crippen LogP contribution < -0.4 is 11.5 Å². The summed E-state index contributed by atoms with van der Waals surface area (Å²) in [6.07, 6.45) is 3.27. The van der Waals surface area contributed by atoms with Crippen LogP contribution in [0.15, 0.2) is 12.1 Å². The molecule has 0 radical (unpaired) electrons. The van der Waals surface area contributed by atoms with Crippen molar-refractivity contribution in [3.8, 4) is 0 Å². The largest absolute Gasteiger partial charge is 0.397 e. The van der Waals surface area contributed by atoms with Crippen LogP contribution in [0.1, 0.15) is 31.4 Å². The average molecular weight is 178 g/mol. The van der Waals surface area contributed by atoms with Crippen molar-refractivity contribution in [2.24, 2.45) is 0 Å². The van der Waals surface area contributed by atoms with Crippen molar-refractivity contribution in [2.45, 2.75) is 33.1 Å². The number of hydrogen-bond acceptors (Lipinski definition) is 2. The highest BCUT2D eigenvalue weighted by Crippen LogP contribution is 2.22. The molecule has 1 aromatic carbocycles. The highest BCUT2D eigenvalue weighted by atomic mass is 14.7. The molecule has 0 unspecified atom stereocenters. The monoisotopic (exact) mass is 178 g/mol. The van der Waals surface area contributed by atoms with Gasteiger partial charge in [-0.25, -0.2) is 0 Å². The van der Waals surface area contributed by atoms with Gasteiger partial charge >= 0.3 is 0 Å². The molecular weight excluding hydrogens is 160 g/mol. The number of nitrogen functional groups attached to an aromatic ring is 2. The van der Waals surface area contributed by atoms with E-state index < -0.39 is 0 Å². The molecule has 0 aromatic heterocycles. The van der Waals surface area contributed by atoms with Crippen molar-refractivity contribution in [1.29, 1.82) is 0 Å². The van der Waals surface area contributed by atoms with Gasteiger partial charge in [-0.2, -0.15) is 0 Å². The van der Waals surface area contributed by atoms with E-state index in [1.807, 2.05) is 12.1 Å². The molecule has 0 bridgehead atoms. The summed E-state index contributed by atoms with van der Waals surface area (Å²) in [7, 11) is 0. The topological polar surface area (TPSA) is 52.0 Å². The second-order valence-electron chi connectivity index (χ2n) is 3.35. The van der Waals surface area contributed by atoms with Gasteiger partial charge in [-0.3, -0.25) is 0 Å². The van der Waals surface area contributed by atoms with Crippen LogP contribution in [-0.2, 0) is 12.8 Å². The van der Waals surface area contributed by atoms with E-state index in [9.17, 15) is 0 Å². The van der Waals surface area contributed by atoms with Crippen LogP contribution in [0.2, 0.25) is 0 Å². The van der Waals surface area contributed by atoms with E-state index in [-0.39, 0.29) is 0 Å². The minimum absolute atomic E-state index is 0.705. The molecule has 1 rings (SSSR count). The molecule has 0 heterocycles. The number of hydrogen-bond donors (Lipinski definition) is 2. The SMILES string of the molecule is CCCc1cc(N)c(N)cc1CC. The molecule has 0 atom stereocenters. The Morgan fingerprint density at radius 1 is 1.00 bits per heavy atom. The molecule has 0 amide bonds. The van der Waals surface area contributed by atoms with Crippen LogP contribution in [0.4, 0.5) is 11.4 Å². The fourth-order valence-corrected chi connectivity index (χ4v) is 1.56. The van der Waals surface area contributed by atoms with Gasteiger partial charge in [0.1, 0.15) is 0 Å². The zero-order valence-corrected chi connectivity index (χ0v) is 8.43. The number of rotatable bonds is 3. The Morgan fingerprint density at radius 2 is 1.54 bits per heavy atom. The maximum atomic E-state index is 5.75. The fourth-order valence-electron chi connectivity index (χ4n) is 1.56. The fraction of sp³-hybridized carbons (Fsp3) is 0.455. The number of benzene rings is 1. The molecule has 0 aliphatic carbocycles. The van der Waals surface area contributed by atoms with Gasteiger partial charge in [0.15, 0.2) is 0 Å². The van der Waals surface area contributed by atoms with Crippen molar-refractivity contribution >= 4 is 11.4 Å². The van der Waals surface area contributed by atoms with Crippen LogP contribution in [0, 0.1) is 0 Å². The molecule has 0 aliphatic heterocycles. The summed E-state index contributed by atoms with van der Waals surface area (Å²) in [5.41, 5.74) is 15.6. The van der Waals surface area contributed by atoms with Gasteiger partial charge in [-0.15, -0.1) is 0 Å². The molecule has 0 fully saturated rings. The van der Waals surface area contributed by atoms with Gasteiger partial charge in [0.2, 0.25) is 0 Å². The smallest absolute Gasteiger partial charge is 0.0550 e. The Hall–Kier alpha value is -1.18. The van der Waals surface area contributed by atoms with Gasteiger partial charge < -0.3 is 11.5 Å². The maximum absolute atomic E-state index is 5.75. The molecule has 4 N–H and O–H groups in total. The second kappa shape index (κ2) is 4.17. The van der Waals surface area contributed by atoms with E-state index >= 15 is 0 Å². The summed E-state index contributed by atoms with van der Waals surface area (Å²) >= 11 is 0. The summed E-state index contributed by atoms with van der Waals surface area (Å²) in [4.78, 5) is 0. The molecule has 0 spiro atoms. The lowest BCUT2D eigenvalue weighted by molar-refractivity contribution is 0.900. The van der Waals surface area contributed by atoms with Crippen molar-refractivity contribution in [3.05, 3.63) is 23.3 Å². The Morgan fingerprint density at radius 3 is 2.00 bits per heavy atom. The minimum Gasteiger partial charge on any atom is -0.397 e. The molecular formula is C11H18N2. The van der Waals surface area contributed by atoms with Gasteiger partial charge in [-0.1, -0.05) is 20.3 Å². The number of anilines is 2. The van der Waals surface area contributed by atoms with Crippen molar-refractivity contribution < 1.29 is 0 Å². The van der Waals surface area contributed by atoms with Crippen LogP contribution in [-0.4, -0.2) is 0 Å². The van der Waals surface area contributed by atoms with E-state index in [0.717, 1.165) is 19.3 Å².